The second kappa shape index (κ2) is 5.04. The van der Waals surface area contributed by atoms with Gasteiger partial charge in [0.2, 0.25) is 10.0 Å². The van der Waals surface area contributed by atoms with Crippen LogP contribution in [-0.4, -0.2) is 32.5 Å². The Bertz CT molecular complexity index is 668. The Hall–Kier alpha value is -1.51. The molecule has 7 nitrogen and oxygen atoms in total. The van der Waals surface area contributed by atoms with Gasteiger partial charge in [-0.15, -0.1) is 0 Å². The van der Waals surface area contributed by atoms with E-state index in [1.54, 1.807) is 0 Å². The first-order valence-corrected chi connectivity index (χ1v) is 8.39. The van der Waals surface area contributed by atoms with Gasteiger partial charge in [-0.05, 0) is 43.8 Å². The number of benzene rings is 1. The number of nitrogens with one attached hydrogen (secondary N) is 2. The van der Waals surface area contributed by atoms with Crippen LogP contribution in [0.2, 0.25) is 0 Å². The first-order chi connectivity index (χ1) is 9.95. The molecule has 0 radical (unpaired) electrons. The van der Waals surface area contributed by atoms with E-state index in [9.17, 15) is 18.5 Å². The highest BCUT2D eigenvalue weighted by atomic mass is 32.2. The second-order valence-electron chi connectivity index (χ2n) is 5.72. The fraction of sp³-hybridized carbons (Fsp3) is 0.538. The quantitative estimate of drug-likeness (QED) is 0.638. The van der Waals surface area contributed by atoms with Crippen LogP contribution in [0.4, 0.5) is 5.69 Å². The molecule has 1 aromatic carbocycles. The third-order valence-corrected chi connectivity index (χ3v) is 5.96. The fourth-order valence-electron chi connectivity index (χ4n) is 3.08. The highest BCUT2D eigenvalue weighted by molar-refractivity contribution is 7.89. The molecule has 21 heavy (non-hydrogen) atoms. The van der Waals surface area contributed by atoms with Crippen molar-refractivity contribution in [2.45, 2.75) is 30.2 Å². The molecular formula is C13H17N3O4S. The molecule has 3 rings (SSSR count). The van der Waals surface area contributed by atoms with Gasteiger partial charge in [0.1, 0.15) is 0 Å². The normalized spacial score (nSPS) is 23.9. The maximum atomic E-state index is 12.4. The van der Waals surface area contributed by atoms with Crippen LogP contribution in [0.5, 0.6) is 0 Å². The summed E-state index contributed by atoms with van der Waals surface area (Å²) in [5.74, 6) is 0. The molecule has 8 heteroatoms. The molecule has 2 N–H and O–H groups in total. The van der Waals surface area contributed by atoms with Crippen LogP contribution in [0, 0.1) is 15.5 Å². The molecule has 1 saturated heterocycles. The zero-order valence-corrected chi connectivity index (χ0v) is 12.2. The van der Waals surface area contributed by atoms with Gasteiger partial charge in [0.15, 0.2) is 4.90 Å². The van der Waals surface area contributed by atoms with E-state index in [0.717, 1.165) is 32.4 Å². The predicted molar refractivity (Wildman–Crippen MR) is 76.4 cm³/mol. The Kier molecular flexibility index (Phi) is 3.46. The molecule has 0 amide bonds. The van der Waals surface area contributed by atoms with Gasteiger partial charge in [0, 0.05) is 12.1 Å². The van der Waals surface area contributed by atoms with E-state index in [0.29, 0.717) is 0 Å². The molecule has 1 aromatic rings. The van der Waals surface area contributed by atoms with Crippen molar-refractivity contribution in [3.05, 3.63) is 34.4 Å². The maximum absolute atomic E-state index is 12.4. The first-order valence-electron chi connectivity index (χ1n) is 6.91. The van der Waals surface area contributed by atoms with Crippen LogP contribution in [0.3, 0.4) is 0 Å². The summed E-state index contributed by atoms with van der Waals surface area (Å²) in [7, 11) is -3.86. The number of nitro groups is 1. The van der Waals surface area contributed by atoms with Gasteiger partial charge in [-0.2, -0.15) is 0 Å². The van der Waals surface area contributed by atoms with E-state index < -0.39 is 14.9 Å². The second-order valence-corrected chi connectivity index (χ2v) is 7.40. The maximum Gasteiger partial charge on any atom is 0.289 e. The van der Waals surface area contributed by atoms with Crippen molar-refractivity contribution < 1.29 is 13.3 Å². The minimum absolute atomic E-state index is 0.0435. The van der Waals surface area contributed by atoms with Gasteiger partial charge in [0.25, 0.3) is 5.69 Å². The van der Waals surface area contributed by atoms with Crippen LogP contribution in [-0.2, 0) is 10.0 Å². The molecule has 1 aliphatic carbocycles. The lowest BCUT2D eigenvalue weighted by atomic mass is 9.94. The molecule has 2 aliphatic rings. The number of nitro benzene ring substituents is 1. The summed E-state index contributed by atoms with van der Waals surface area (Å²) >= 11 is 0. The summed E-state index contributed by atoms with van der Waals surface area (Å²) in [5, 5.41) is 14.2. The molecule has 1 unspecified atom stereocenters. The lowest BCUT2D eigenvalue weighted by molar-refractivity contribution is -0.387. The number of sulfonamides is 1. The smallest absolute Gasteiger partial charge is 0.289 e. The van der Waals surface area contributed by atoms with E-state index in [1.807, 2.05) is 0 Å². The number of nitrogens with zero attached hydrogens (tertiary/aromatic N) is 1. The van der Waals surface area contributed by atoms with E-state index in [2.05, 4.69) is 10.0 Å². The molecule has 2 fully saturated rings. The molecule has 1 atom stereocenters. The Morgan fingerprint density at radius 1 is 1.29 bits per heavy atom. The summed E-state index contributed by atoms with van der Waals surface area (Å²) in [6.45, 7) is 1.79. The Labute approximate surface area is 122 Å². The standard InChI is InChI=1S/C13H17N3O4S/c17-16(18)10-3-1-2-4-11(10)21(19,20)15-12-9-13(12)5-7-14-8-6-13/h1-4,12,14-15H,5-9H2. The molecule has 114 valence electrons. The van der Waals surface area contributed by atoms with Crippen molar-refractivity contribution >= 4 is 15.7 Å². The van der Waals surface area contributed by atoms with Crippen molar-refractivity contribution in [2.75, 3.05) is 13.1 Å². The molecule has 1 saturated carbocycles. The van der Waals surface area contributed by atoms with Crippen molar-refractivity contribution in [1.29, 1.82) is 0 Å². The van der Waals surface area contributed by atoms with Gasteiger partial charge in [-0.25, -0.2) is 13.1 Å². The van der Waals surface area contributed by atoms with E-state index >= 15 is 0 Å². The van der Waals surface area contributed by atoms with E-state index in [1.165, 1.54) is 24.3 Å². The SMILES string of the molecule is O=[N+]([O-])c1ccccc1S(=O)(=O)NC1CC12CCNCC2. The van der Waals surface area contributed by atoms with Crippen LogP contribution < -0.4 is 10.0 Å². The molecule has 1 aliphatic heterocycles. The van der Waals surface area contributed by atoms with Gasteiger partial charge >= 0.3 is 0 Å². The topological polar surface area (TPSA) is 101 Å². The summed E-state index contributed by atoms with van der Waals surface area (Å²) in [6, 6.07) is 5.33. The van der Waals surface area contributed by atoms with Gasteiger partial charge < -0.3 is 5.32 Å². The van der Waals surface area contributed by atoms with Crippen LogP contribution in [0.15, 0.2) is 29.2 Å². The zero-order chi connectivity index (χ0) is 15.1. The number of hydrogen-bond acceptors (Lipinski definition) is 5. The van der Waals surface area contributed by atoms with Crippen LogP contribution >= 0.6 is 0 Å². The van der Waals surface area contributed by atoms with Crippen LogP contribution in [0.1, 0.15) is 19.3 Å². The monoisotopic (exact) mass is 311 g/mol. The highest BCUT2D eigenvalue weighted by Crippen LogP contribution is 2.53. The lowest BCUT2D eigenvalue weighted by Gasteiger charge is -2.23. The van der Waals surface area contributed by atoms with Crippen molar-refractivity contribution in [3.8, 4) is 0 Å². The average molecular weight is 311 g/mol. The molecule has 1 spiro atoms. The minimum atomic E-state index is -3.86. The summed E-state index contributed by atoms with van der Waals surface area (Å²) in [6.07, 6.45) is 2.70. The van der Waals surface area contributed by atoms with Crippen molar-refractivity contribution in [1.82, 2.24) is 10.0 Å². The van der Waals surface area contributed by atoms with Crippen LogP contribution in [0.25, 0.3) is 0 Å². The minimum Gasteiger partial charge on any atom is -0.317 e. The van der Waals surface area contributed by atoms with Crippen molar-refractivity contribution in [3.63, 3.8) is 0 Å². The number of piperidine rings is 1. The van der Waals surface area contributed by atoms with E-state index in [-0.39, 0.29) is 22.0 Å². The zero-order valence-electron chi connectivity index (χ0n) is 11.4. The summed E-state index contributed by atoms with van der Waals surface area (Å²) in [5.41, 5.74) is -0.341. The predicted octanol–water partition coefficient (Wildman–Crippen LogP) is 1.02. The number of rotatable bonds is 4. The largest absolute Gasteiger partial charge is 0.317 e. The van der Waals surface area contributed by atoms with Gasteiger partial charge in [0.05, 0.1) is 4.92 Å². The molecular weight excluding hydrogens is 294 g/mol. The van der Waals surface area contributed by atoms with Crippen molar-refractivity contribution in [2.24, 2.45) is 5.41 Å². The Morgan fingerprint density at radius 2 is 1.95 bits per heavy atom. The summed E-state index contributed by atoms with van der Waals surface area (Å²) < 4.78 is 27.4. The number of hydrogen-bond donors (Lipinski definition) is 2. The fourth-order valence-corrected chi connectivity index (χ4v) is 4.59. The third kappa shape index (κ3) is 2.66. The molecule has 0 aromatic heterocycles. The first kappa shape index (κ1) is 14.4. The summed E-state index contributed by atoms with van der Waals surface area (Å²) in [4.78, 5) is 10.0. The van der Waals surface area contributed by atoms with Gasteiger partial charge in [-0.1, -0.05) is 12.1 Å². The van der Waals surface area contributed by atoms with Gasteiger partial charge in [-0.3, -0.25) is 10.1 Å². The lowest BCUT2D eigenvalue weighted by Crippen LogP contribution is -2.36. The highest BCUT2D eigenvalue weighted by Gasteiger charge is 2.55. The Balaban J connectivity index is 1.81. The van der Waals surface area contributed by atoms with E-state index in [4.69, 9.17) is 0 Å². The molecule has 1 heterocycles. The number of para-hydroxylation sites is 1. The molecule has 0 bridgehead atoms. The Morgan fingerprint density at radius 3 is 2.62 bits per heavy atom. The third-order valence-electron chi connectivity index (χ3n) is 4.44. The average Bonchev–Trinajstić information content (AvgIpc) is 3.10.